The Morgan fingerprint density at radius 1 is 1.06 bits per heavy atom. The van der Waals surface area contributed by atoms with E-state index in [1.54, 1.807) is 12.1 Å². The van der Waals surface area contributed by atoms with Crippen molar-refractivity contribution in [2.24, 2.45) is 18.7 Å². The molecule has 0 radical (unpaired) electrons. The van der Waals surface area contributed by atoms with E-state index in [2.05, 4.69) is 10.2 Å². The molecule has 2 heterocycles. The molecule has 13 heteroatoms. The first-order chi connectivity index (χ1) is 25.4. The Kier molecular flexibility index (Phi) is 10.5. The summed E-state index contributed by atoms with van der Waals surface area (Å²) in [4.78, 5) is 33.2. The highest BCUT2D eigenvalue weighted by molar-refractivity contribution is 6.36. The Hall–Kier alpha value is -4.16. The second-order valence-corrected chi connectivity index (χ2v) is 15.4. The van der Waals surface area contributed by atoms with Crippen LogP contribution in [0.4, 0.5) is 10.1 Å². The second kappa shape index (κ2) is 14.9. The summed E-state index contributed by atoms with van der Waals surface area (Å²) in [5.41, 5.74) is 11.2. The predicted molar refractivity (Wildman–Crippen MR) is 202 cm³/mol. The van der Waals surface area contributed by atoms with E-state index in [9.17, 15) is 9.59 Å². The first kappa shape index (κ1) is 37.2. The predicted octanol–water partition coefficient (Wildman–Crippen LogP) is 7.80. The van der Waals surface area contributed by atoms with Gasteiger partial charge < -0.3 is 29.8 Å². The fraction of sp³-hybridized carbons (Fsp3) is 0.425. The number of hydrogen-bond acceptors (Lipinski definition) is 8. The number of nitrogens with zero attached hydrogens (tertiary/aromatic N) is 3. The van der Waals surface area contributed by atoms with Crippen LogP contribution in [0.5, 0.6) is 11.5 Å². The van der Waals surface area contributed by atoms with Crippen LogP contribution in [0.3, 0.4) is 0 Å². The van der Waals surface area contributed by atoms with Gasteiger partial charge in [-0.25, -0.2) is 9.37 Å². The van der Waals surface area contributed by atoms with Crippen molar-refractivity contribution in [2.45, 2.75) is 77.2 Å². The van der Waals surface area contributed by atoms with E-state index in [-0.39, 0.29) is 52.5 Å². The molecule has 3 aliphatic rings. The number of nitrogens with two attached hydrogens (primary N) is 1. The summed E-state index contributed by atoms with van der Waals surface area (Å²) in [6.07, 6.45) is 4.56. The van der Waals surface area contributed by atoms with Gasteiger partial charge in [-0.2, -0.15) is 0 Å². The largest absolute Gasteiger partial charge is 0.496 e. The van der Waals surface area contributed by atoms with Crippen LogP contribution in [0.1, 0.15) is 84.3 Å². The quantitative estimate of drug-likeness (QED) is 0.149. The van der Waals surface area contributed by atoms with Crippen molar-refractivity contribution < 1.29 is 28.2 Å². The van der Waals surface area contributed by atoms with Gasteiger partial charge in [-0.1, -0.05) is 60.0 Å². The number of fused-ring (bicyclic) bond motifs is 2. The molecule has 1 unspecified atom stereocenters. The Morgan fingerprint density at radius 2 is 1.81 bits per heavy atom. The minimum absolute atomic E-state index is 0.0264. The summed E-state index contributed by atoms with van der Waals surface area (Å²) in [5.74, 6) is -0.355. The summed E-state index contributed by atoms with van der Waals surface area (Å²) in [5, 5.41) is 3.26. The zero-order chi connectivity index (χ0) is 37.6. The standard InChI is InChI=1S/C40H44Cl2FN5O5/c1-40(2,53-39(50)22-8-5-9-22)21-48-17-16-30-29(20-48)45-37(47(30)3)38(49)46-28-13-7-12-26(34(28)41)23-10-6-11-25-24(23)14-15-31(25)52-33-18-32(51-4)27(19-44)36(43)35(33)42/h6-7,10-13,18,22,31H,5,8-9,14-17,19-21,44H2,1-4H3,(H,46,49). The highest BCUT2D eigenvalue weighted by atomic mass is 35.5. The van der Waals surface area contributed by atoms with Gasteiger partial charge in [0.15, 0.2) is 11.6 Å². The minimum atomic E-state index is -0.656. The number of anilines is 1. The van der Waals surface area contributed by atoms with E-state index in [1.165, 1.54) is 7.11 Å². The molecule has 0 spiro atoms. The molecule has 3 N–H and O–H groups in total. The lowest BCUT2D eigenvalue weighted by Crippen LogP contribution is -2.45. The highest BCUT2D eigenvalue weighted by Crippen LogP contribution is 2.45. The molecule has 1 saturated carbocycles. The molecular formula is C40H44Cl2FN5O5. The SMILES string of the molecule is COc1cc(OC2CCc3c(-c4cccc(NC(=O)c5nc6c(n5C)CCN(CC(C)(C)OC(=O)C5CCC5)C6)c4Cl)cccc32)c(Cl)c(F)c1CN. The van der Waals surface area contributed by atoms with Gasteiger partial charge in [0.05, 0.1) is 29.4 Å². The number of carbonyl (C=O) groups is 2. The van der Waals surface area contributed by atoms with Crippen LogP contribution in [0.15, 0.2) is 42.5 Å². The number of esters is 1. The topological polar surface area (TPSA) is 121 Å². The fourth-order valence-corrected chi connectivity index (χ4v) is 8.21. The lowest BCUT2D eigenvalue weighted by Gasteiger charge is -2.36. The van der Waals surface area contributed by atoms with E-state index in [4.69, 9.17) is 48.1 Å². The van der Waals surface area contributed by atoms with Crippen LogP contribution in [0.2, 0.25) is 10.0 Å². The van der Waals surface area contributed by atoms with Gasteiger partial charge >= 0.3 is 5.97 Å². The number of benzene rings is 3. The fourth-order valence-electron chi connectivity index (χ4n) is 7.73. The summed E-state index contributed by atoms with van der Waals surface area (Å²) in [6, 6.07) is 13.0. The zero-order valence-corrected chi connectivity index (χ0v) is 31.9. The monoisotopic (exact) mass is 763 g/mol. The van der Waals surface area contributed by atoms with Gasteiger partial charge in [0, 0.05) is 62.5 Å². The molecule has 53 heavy (non-hydrogen) atoms. The summed E-state index contributed by atoms with van der Waals surface area (Å²) in [7, 11) is 3.30. The number of aromatic nitrogens is 2. The van der Waals surface area contributed by atoms with Crippen molar-refractivity contribution in [2.75, 3.05) is 25.5 Å². The van der Waals surface area contributed by atoms with Crippen LogP contribution in [0.25, 0.3) is 11.1 Å². The minimum Gasteiger partial charge on any atom is -0.496 e. The zero-order valence-electron chi connectivity index (χ0n) is 30.4. The molecule has 4 aromatic rings. The van der Waals surface area contributed by atoms with Gasteiger partial charge in [-0.05, 0) is 62.3 Å². The Morgan fingerprint density at radius 3 is 2.53 bits per heavy atom. The van der Waals surface area contributed by atoms with E-state index in [0.29, 0.717) is 48.9 Å². The molecule has 3 aromatic carbocycles. The second-order valence-electron chi connectivity index (χ2n) is 14.7. The first-order valence-corrected chi connectivity index (χ1v) is 18.8. The van der Waals surface area contributed by atoms with Crippen LogP contribution in [-0.2, 0) is 42.5 Å². The number of amides is 1. The van der Waals surface area contributed by atoms with Crippen molar-refractivity contribution in [3.63, 3.8) is 0 Å². The number of carbonyl (C=O) groups excluding carboxylic acids is 2. The van der Waals surface area contributed by atoms with Crippen molar-refractivity contribution in [3.8, 4) is 22.6 Å². The van der Waals surface area contributed by atoms with E-state index in [0.717, 1.165) is 59.4 Å². The average Bonchev–Trinajstić information content (AvgIpc) is 3.66. The number of halogens is 3. The third-order valence-electron chi connectivity index (χ3n) is 10.6. The maximum atomic E-state index is 15.0. The summed E-state index contributed by atoms with van der Waals surface area (Å²) < 4.78 is 34.4. The van der Waals surface area contributed by atoms with Crippen LogP contribution >= 0.6 is 23.2 Å². The highest BCUT2D eigenvalue weighted by Gasteiger charge is 2.35. The summed E-state index contributed by atoms with van der Waals surface area (Å²) >= 11 is 13.4. The lowest BCUT2D eigenvalue weighted by molar-refractivity contribution is -0.166. The lowest BCUT2D eigenvalue weighted by atomic mass is 9.85. The van der Waals surface area contributed by atoms with Gasteiger partial charge in [0.1, 0.15) is 28.2 Å². The van der Waals surface area contributed by atoms with Crippen LogP contribution in [0, 0.1) is 11.7 Å². The van der Waals surface area contributed by atoms with Crippen molar-refractivity contribution in [1.29, 1.82) is 0 Å². The normalized spacial score (nSPS) is 17.2. The number of nitrogens with one attached hydrogen (secondary N) is 1. The number of imidazole rings is 1. The van der Waals surface area contributed by atoms with Gasteiger partial charge in [0.2, 0.25) is 0 Å². The third kappa shape index (κ3) is 7.24. The molecule has 1 atom stereocenters. The molecule has 1 fully saturated rings. The number of hydrogen-bond donors (Lipinski definition) is 2. The maximum absolute atomic E-state index is 15.0. The first-order valence-electron chi connectivity index (χ1n) is 18.0. The molecule has 2 aliphatic carbocycles. The van der Waals surface area contributed by atoms with E-state index in [1.807, 2.05) is 55.8 Å². The molecule has 0 bridgehead atoms. The Balaban J connectivity index is 1.06. The van der Waals surface area contributed by atoms with Crippen LogP contribution < -0.4 is 20.5 Å². The average molecular weight is 765 g/mol. The van der Waals surface area contributed by atoms with Gasteiger partial charge in [-0.15, -0.1) is 0 Å². The Labute approximate surface area is 318 Å². The van der Waals surface area contributed by atoms with Gasteiger partial charge in [0.25, 0.3) is 5.91 Å². The van der Waals surface area contributed by atoms with Crippen molar-refractivity contribution >= 4 is 40.8 Å². The van der Waals surface area contributed by atoms with E-state index < -0.39 is 11.4 Å². The smallest absolute Gasteiger partial charge is 0.309 e. The Bertz CT molecular complexity index is 2080. The van der Waals surface area contributed by atoms with E-state index >= 15 is 4.39 Å². The van der Waals surface area contributed by atoms with Crippen molar-refractivity contribution in [3.05, 3.63) is 92.2 Å². The molecule has 280 valence electrons. The van der Waals surface area contributed by atoms with Crippen molar-refractivity contribution in [1.82, 2.24) is 14.5 Å². The molecular weight excluding hydrogens is 720 g/mol. The van der Waals surface area contributed by atoms with Gasteiger partial charge in [-0.3, -0.25) is 14.5 Å². The number of methoxy groups -OCH3 is 1. The van der Waals surface area contributed by atoms with Crippen LogP contribution in [-0.4, -0.2) is 52.1 Å². The number of ether oxygens (including phenoxy) is 3. The molecule has 1 aromatic heterocycles. The molecule has 10 nitrogen and oxygen atoms in total. The molecule has 0 saturated heterocycles. The maximum Gasteiger partial charge on any atom is 0.309 e. The molecule has 1 amide bonds. The molecule has 1 aliphatic heterocycles. The number of rotatable bonds is 11. The third-order valence-corrected chi connectivity index (χ3v) is 11.4. The molecule has 7 rings (SSSR count). The summed E-state index contributed by atoms with van der Waals surface area (Å²) in [6.45, 7) is 5.72.